The van der Waals surface area contributed by atoms with Gasteiger partial charge < -0.3 is 15.9 Å². The average Bonchev–Trinajstić information content (AvgIpc) is 1.97. The van der Waals surface area contributed by atoms with Crippen molar-refractivity contribution >= 4 is 0 Å². The van der Waals surface area contributed by atoms with Crippen LogP contribution in [0, 0.1) is 11.8 Å². The highest BCUT2D eigenvalue weighted by Crippen LogP contribution is 2.28. The van der Waals surface area contributed by atoms with Crippen molar-refractivity contribution in [3.63, 3.8) is 0 Å². The maximum Gasteiger partial charge on any atom is 0.0952 e. The van der Waals surface area contributed by atoms with E-state index in [-0.39, 0.29) is 12.0 Å². The maximum absolute atomic E-state index is 9.46. The minimum atomic E-state index is -0.735. The van der Waals surface area contributed by atoms with Crippen LogP contribution in [-0.4, -0.2) is 28.5 Å². The summed E-state index contributed by atoms with van der Waals surface area (Å²) >= 11 is 0. The quantitative estimate of drug-likeness (QED) is 0.455. The molecule has 0 aliphatic heterocycles. The Kier molecular flexibility index (Phi) is 2.52. The van der Waals surface area contributed by atoms with Crippen LogP contribution in [0.3, 0.4) is 0 Å². The number of rotatable bonds is 0. The SMILES string of the molecule is CC1C[C@H](N)[C@@H](O)[C@H](O)[C@H]1C. The van der Waals surface area contributed by atoms with Gasteiger partial charge in [-0.05, 0) is 18.3 Å². The first-order valence-corrected chi connectivity index (χ1v) is 4.15. The maximum atomic E-state index is 9.46. The van der Waals surface area contributed by atoms with E-state index in [4.69, 9.17) is 5.73 Å². The number of aliphatic hydroxyl groups excluding tert-OH is 2. The third kappa shape index (κ3) is 1.55. The van der Waals surface area contributed by atoms with Crippen molar-refractivity contribution in [2.24, 2.45) is 17.6 Å². The molecule has 4 N–H and O–H groups in total. The summed E-state index contributed by atoms with van der Waals surface area (Å²) in [5.74, 6) is 0.563. The normalized spacial score (nSPS) is 52.6. The molecule has 3 heteroatoms. The van der Waals surface area contributed by atoms with Crippen LogP contribution in [0.25, 0.3) is 0 Å². The third-order valence-electron chi connectivity index (χ3n) is 2.87. The smallest absolute Gasteiger partial charge is 0.0952 e. The van der Waals surface area contributed by atoms with Crippen LogP contribution in [-0.2, 0) is 0 Å². The number of hydrogen-bond donors (Lipinski definition) is 3. The average molecular weight is 159 g/mol. The minimum absolute atomic E-state index is 0.157. The molecule has 0 aromatic heterocycles. The summed E-state index contributed by atoms with van der Waals surface area (Å²) in [4.78, 5) is 0. The fourth-order valence-corrected chi connectivity index (χ4v) is 1.68. The minimum Gasteiger partial charge on any atom is -0.390 e. The van der Waals surface area contributed by atoms with Crippen molar-refractivity contribution in [1.29, 1.82) is 0 Å². The van der Waals surface area contributed by atoms with Gasteiger partial charge in [0.25, 0.3) is 0 Å². The Hall–Kier alpha value is -0.120. The number of nitrogens with two attached hydrogens (primary N) is 1. The van der Waals surface area contributed by atoms with E-state index in [9.17, 15) is 10.2 Å². The lowest BCUT2D eigenvalue weighted by Gasteiger charge is -2.38. The Morgan fingerprint density at radius 3 is 2.27 bits per heavy atom. The Morgan fingerprint density at radius 1 is 1.18 bits per heavy atom. The highest BCUT2D eigenvalue weighted by Gasteiger charge is 2.37. The lowest BCUT2D eigenvalue weighted by molar-refractivity contribution is -0.0685. The molecule has 0 radical (unpaired) electrons. The first kappa shape index (κ1) is 8.97. The van der Waals surface area contributed by atoms with Crippen molar-refractivity contribution in [2.75, 3.05) is 0 Å². The van der Waals surface area contributed by atoms with E-state index >= 15 is 0 Å². The molecule has 3 nitrogen and oxygen atoms in total. The third-order valence-corrected chi connectivity index (χ3v) is 2.87. The summed E-state index contributed by atoms with van der Waals surface area (Å²) in [6, 6.07) is -0.254. The molecule has 1 aliphatic carbocycles. The van der Waals surface area contributed by atoms with Crippen molar-refractivity contribution < 1.29 is 10.2 Å². The zero-order valence-corrected chi connectivity index (χ0v) is 7.07. The summed E-state index contributed by atoms with van der Waals surface area (Å²) in [5.41, 5.74) is 5.61. The predicted octanol–water partition coefficient (Wildman–Crippen LogP) is -0.289. The highest BCUT2D eigenvalue weighted by atomic mass is 16.3. The molecule has 11 heavy (non-hydrogen) atoms. The van der Waals surface area contributed by atoms with Gasteiger partial charge in [-0.3, -0.25) is 0 Å². The Balaban J connectivity index is 2.63. The van der Waals surface area contributed by atoms with Crippen molar-refractivity contribution in [1.82, 2.24) is 0 Å². The fraction of sp³-hybridized carbons (Fsp3) is 1.00. The van der Waals surface area contributed by atoms with E-state index in [1.54, 1.807) is 0 Å². The second kappa shape index (κ2) is 3.09. The molecule has 0 spiro atoms. The van der Waals surface area contributed by atoms with Crippen molar-refractivity contribution in [3.05, 3.63) is 0 Å². The summed E-state index contributed by atoms with van der Waals surface area (Å²) in [6.07, 6.45) is -0.575. The van der Waals surface area contributed by atoms with E-state index < -0.39 is 12.2 Å². The second-order valence-corrected chi connectivity index (χ2v) is 3.72. The molecule has 0 bridgehead atoms. The van der Waals surface area contributed by atoms with E-state index in [1.807, 2.05) is 6.92 Å². The van der Waals surface area contributed by atoms with Crippen LogP contribution < -0.4 is 5.73 Å². The first-order chi connectivity index (χ1) is 5.04. The molecule has 1 aliphatic rings. The van der Waals surface area contributed by atoms with Crippen LogP contribution in [0.1, 0.15) is 20.3 Å². The zero-order chi connectivity index (χ0) is 8.59. The van der Waals surface area contributed by atoms with Crippen LogP contribution in [0.15, 0.2) is 0 Å². The van der Waals surface area contributed by atoms with Gasteiger partial charge in [-0.1, -0.05) is 13.8 Å². The monoisotopic (exact) mass is 159 g/mol. The van der Waals surface area contributed by atoms with Crippen LogP contribution in [0.2, 0.25) is 0 Å². The Morgan fingerprint density at radius 2 is 1.73 bits per heavy atom. The van der Waals surface area contributed by atoms with E-state index in [1.165, 1.54) is 0 Å². The lowest BCUT2D eigenvalue weighted by atomic mass is 9.76. The summed E-state index contributed by atoms with van der Waals surface area (Å²) in [7, 11) is 0. The van der Waals surface area contributed by atoms with Crippen LogP contribution >= 0.6 is 0 Å². The van der Waals surface area contributed by atoms with Gasteiger partial charge in [0.05, 0.1) is 12.2 Å². The largest absolute Gasteiger partial charge is 0.390 e. The summed E-state index contributed by atoms with van der Waals surface area (Å²) < 4.78 is 0. The number of aliphatic hydroxyl groups is 2. The van der Waals surface area contributed by atoms with Crippen molar-refractivity contribution in [3.8, 4) is 0 Å². The molecule has 1 saturated carbocycles. The highest BCUT2D eigenvalue weighted by molar-refractivity contribution is 4.90. The molecule has 0 aromatic carbocycles. The van der Waals surface area contributed by atoms with Gasteiger partial charge in [-0.2, -0.15) is 0 Å². The van der Waals surface area contributed by atoms with Gasteiger partial charge >= 0.3 is 0 Å². The van der Waals surface area contributed by atoms with Gasteiger partial charge in [-0.15, -0.1) is 0 Å². The zero-order valence-electron chi connectivity index (χ0n) is 7.07. The lowest BCUT2D eigenvalue weighted by Crippen LogP contribution is -2.52. The molecular weight excluding hydrogens is 142 g/mol. The summed E-state index contributed by atoms with van der Waals surface area (Å²) in [6.45, 7) is 4.00. The molecule has 66 valence electrons. The van der Waals surface area contributed by atoms with Crippen LogP contribution in [0.4, 0.5) is 0 Å². The topological polar surface area (TPSA) is 66.5 Å². The summed E-state index contributed by atoms with van der Waals surface area (Å²) in [5, 5.41) is 18.8. The van der Waals surface area contributed by atoms with Gasteiger partial charge in [0, 0.05) is 6.04 Å². The fourth-order valence-electron chi connectivity index (χ4n) is 1.68. The Bertz CT molecular complexity index is 126. The molecule has 5 atom stereocenters. The van der Waals surface area contributed by atoms with Gasteiger partial charge in [0.1, 0.15) is 0 Å². The molecule has 0 heterocycles. The standard InChI is InChI=1S/C8H17NO2/c1-4-3-6(9)8(11)7(10)5(4)2/h4-8,10-11H,3,9H2,1-2H3/t4?,5-,6-,7+,8+/m0/s1. The number of hydrogen-bond acceptors (Lipinski definition) is 3. The Labute approximate surface area is 67.2 Å². The van der Waals surface area contributed by atoms with Crippen molar-refractivity contribution in [2.45, 2.75) is 38.5 Å². The first-order valence-electron chi connectivity index (χ1n) is 4.15. The molecule has 1 rings (SSSR count). The van der Waals surface area contributed by atoms with Gasteiger partial charge in [0.15, 0.2) is 0 Å². The van der Waals surface area contributed by atoms with Crippen LogP contribution in [0.5, 0.6) is 0 Å². The second-order valence-electron chi connectivity index (χ2n) is 3.72. The van der Waals surface area contributed by atoms with E-state index in [0.29, 0.717) is 5.92 Å². The predicted molar refractivity (Wildman–Crippen MR) is 42.9 cm³/mol. The molecule has 1 unspecified atom stereocenters. The molecule has 1 fully saturated rings. The molecule has 0 aromatic rings. The molecule has 0 saturated heterocycles. The van der Waals surface area contributed by atoms with Gasteiger partial charge in [-0.25, -0.2) is 0 Å². The van der Waals surface area contributed by atoms with E-state index in [0.717, 1.165) is 6.42 Å². The molecular formula is C8H17NO2. The van der Waals surface area contributed by atoms with E-state index in [2.05, 4.69) is 6.92 Å². The van der Waals surface area contributed by atoms with Gasteiger partial charge in [0.2, 0.25) is 0 Å². The molecule has 0 amide bonds.